The van der Waals surface area contributed by atoms with E-state index in [-0.39, 0.29) is 5.91 Å². The first-order chi connectivity index (χ1) is 15.7. The number of rotatable bonds is 4. The molecule has 3 aliphatic rings. The summed E-state index contributed by atoms with van der Waals surface area (Å²) in [6.07, 6.45) is 8.43. The molecule has 0 atom stereocenters. The van der Waals surface area contributed by atoms with Gasteiger partial charge in [-0.15, -0.1) is 0 Å². The fraction of sp³-hybridized carbons (Fsp3) is 0.375. The van der Waals surface area contributed by atoms with Crippen LogP contribution in [0.4, 0.5) is 0 Å². The second-order valence-electron chi connectivity index (χ2n) is 8.76. The molecular weight excluding hydrogens is 404 g/mol. The summed E-state index contributed by atoms with van der Waals surface area (Å²) in [6, 6.07) is 8.38. The van der Waals surface area contributed by atoms with Crippen molar-refractivity contribution in [2.24, 2.45) is 0 Å². The van der Waals surface area contributed by atoms with E-state index in [9.17, 15) is 9.59 Å². The highest BCUT2D eigenvalue weighted by Crippen LogP contribution is 2.43. The number of hydrogen-bond donors (Lipinski definition) is 0. The van der Waals surface area contributed by atoms with Crippen molar-refractivity contribution in [3.8, 4) is 17.2 Å². The van der Waals surface area contributed by atoms with Crippen molar-refractivity contribution in [2.75, 3.05) is 26.2 Å². The Balaban J connectivity index is 1.37. The van der Waals surface area contributed by atoms with Gasteiger partial charge in [0, 0.05) is 43.9 Å². The number of aromatic nitrogens is 4. The molecule has 1 saturated carbocycles. The molecule has 8 nitrogen and oxygen atoms in total. The molecule has 2 amide bonds. The molecule has 1 aromatic carbocycles. The first kappa shape index (κ1) is 19.2. The monoisotopic (exact) mass is 428 g/mol. The Bertz CT molecular complexity index is 1210. The Kier molecular flexibility index (Phi) is 4.52. The van der Waals surface area contributed by atoms with Gasteiger partial charge < -0.3 is 9.80 Å². The Morgan fingerprint density at radius 3 is 2.56 bits per heavy atom. The van der Waals surface area contributed by atoms with Gasteiger partial charge in [0.1, 0.15) is 0 Å². The zero-order valence-electron chi connectivity index (χ0n) is 17.8. The minimum Gasteiger partial charge on any atom is -0.342 e. The van der Waals surface area contributed by atoms with Crippen molar-refractivity contribution in [1.29, 1.82) is 0 Å². The summed E-state index contributed by atoms with van der Waals surface area (Å²) >= 11 is 0. The van der Waals surface area contributed by atoms with Gasteiger partial charge in [0.15, 0.2) is 0 Å². The Morgan fingerprint density at radius 1 is 1.00 bits per heavy atom. The lowest BCUT2D eigenvalue weighted by Gasteiger charge is -2.32. The summed E-state index contributed by atoms with van der Waals surface area (Å²) in [5, 5.41) is 4.58. The molecule has 3 heterocycles. The van der Waals surface area contributed by atoms with Crippen LogP contribution >= 0.6 is 0 Å². The molecule has 0 N–H and O–H groups in total. The van der Waals surface area contributed by atoms with E-state index < -0.39 is 0 Å². The number of amides is 2. The summed E-state index contributed by atoms with van der Waals surface area (Å²) in [5.41, 5.74) is 6.12. The molecule has 1 aliphatic heterocycles. The molecule has 2 fully saturated rings. The average molecular weight is 428 g/mol. The van der Waals surface area contributed by atoms with E-state index in [1.54, 1.807) is 15.8 Å². The zero-order chi connectivity index (χ0) is 21.7. The maximum Gasteiger partial charge on any atom is 0.257 e. The molecular formula is C24H24N6O2. The Morgan fingerprint density at radius 2 is 1.78 bits per heavy atom. The summed E-state index contributed by atoms with van der Waals surface area (Å²) in [6.45, 7) is 2.21. The Hall–Kier alpha value is -3.55. The van der Waals surface area contributed by atoms with Crippen molar-refractivity contribution >= 4 is 12.3 Å². The molecule has 2 aromatic heterocycles. The van der Waals surface area contributed by atoms with Crippen LogP contribution in [0.1, 0.15) is 45.9 Å². The van der Waals surface area contributed by atoms with E-state index in [4.69, 9.17) is 4.98 Å². The topological polar surface area (TPSA) is 84.2 Å². The molecule has 0 radical (unpaired) electrons. The lowest BCUT2D eigenvalue weighted by atomic mass is 9.90. The lowest BCUT2D eigenvalue weighted by Crippen LogP contribution is -2.48. The molecule has 8 heteroatoms. The molecule has 32 heavy (non-hydrogen) atoms. The molecule has 3 aromatic rings. The quantitative estimate of drug-likeness (QED) is 0.595. The fourth-order valence-corrected chi connectivity index (χ4v) is 4.79. The number of hydrogen-bond acceptors (Lipinski definition) is 5. The van der Waals surface area contributed by atoms with Crippen LogP contribution in [0, 0.1) is 0 Å². The van der Waals surface area contributed by atoms with Crippen LogP contribution in [0.25, 0.3) is 17.2 Å². The third kappa shape index (κ3) is 3.18. The molecule has 162 valence electrons. The standard InChI is InChI=1S/C24H24N6O2/c31-15-28-9-11-29(12-10-28)23(32)20-14-26-30(22(20)17-6-7-17)24-25-13-18-8-5-16-3-1-2-4-19(16)21(18)27-24/h1-4,13-15,17H,5-12H2. The van der Waals surface area contributed by atoms with Crippen molar-refractivity contribution in [1.82, 2.24) is 29.5 Å². The van der Waals surface area contributed by atoms with Crippen molar-refractivity contribution in [2.45, 2.75) is 31.6 Å². The third-order valence-corrected chi connectivity index (χ3v) is 6.73. The van der Waals surface area contributed by atoms with Crippen molar-refractivity contribution < 1.29 is 9.59 Å². The summed E-state index contributed by atoms with van der Waals surface area (Å²) in [4.78, 5) is 37.4. The first-order valence-electron chi connectivity index (χ1n) is 11.2. The molecule has 6 rings (SSSR count). The first-order valence-corrected chi connectivity index (χ1v) is 11.2. The van der Waals surface area contributed by atoms with Crippen LogP contribution in [0.2, 0.25) is 0 Å². The van der Waals surface area contributed by atoms with Gasteiger partial charge in [0.2, 0.25) is 6.41 Å². The highest BCUT2D eigenvalue weighted by molar-refractivity contribution is 5.95. The SMILES string of the molecule is O=CN1CCN(C(=O)c2cnn(-c3ncc4c(n3)-c3ccccc3CC4)c2C2CC2)CC1. The highest BCUT2D eigenvalue weighted by atomic mass is 16.2. The van der Waals surface area contributed by atoms with Crippen LogP contribution in [0.3, 0.4) is 0 Å². The smallest absolute Gasteiger partial charge is 0.257 e. The van der Waals surface area contributed by atoms with Gasteiger partial charge in [-0.05, 0) is 36.8 Å². The number of benzene rings is 1. The summed E-state index contributed by atoms with van der Waals surface area (Å²) in [5.74, 6) is 0.804. The van der Waals surface area contributed by atoms with Gasteiger partial charge in [0.25, 0.3) is 11.9 Å². The van der Waals surface area contributed by atoms with E-state index in [1.807, 2.05) is 17.2 Å². The summed E-state index contributed by atoms with van der Waals surface area (Å²) < 4.78 is 1.77. The number of carbonyl (C=O) groups excluding carboxylic acids is 2. The zero-order valence-corrected chi connectivity index (χ0v) is 17.8. The van der Waals surface area contributed by atoms with Crippen LogP contribution in [0.15, 0.2) is 36.7 Å². The highest BCUT2D eigenvalue weighted by Gasteiger charge is 2.35. The normalized spacial score (nSPS) is 17.6. The van der Waals surface area contributed by atoms with Crippen LogP contribution in [-0.4, -0.2) is 68.0 Å². The van der Waals surface area contributed by atoms with Gasteiger partial charge in [-0.2, -0.15) is 5.10 Å². The van der Waals surface area contributed by atoms with E-state index in [2.05, 4.69) is 28.3 Å². The van der Waals surface area contributed by atoms with E-state index in [1.165, 1.54) is 5.56 Å². The minimum absolute atomic E-state index is 0.0213. The van der Waals surface area contributed by atoms with Gasteiger partial charge in [-0.25, -0.2) is 14.6 Å². The van der Waals surface area contributed by atoms with E-state index >= 15 is 0 Å². The maximum atomic E-state index is 13.3. The van der Waals surface area contributed by atoms with Crippen LogP contribution in [-0.2, 0) is 17.6 Å². The Labute approximate surface area is 185 Å². The molecule has 0 unspecified atom stereocenters. The maximum absolute atomic E-state index is 13.3. The third-order valence-electron chi connectivity index (χ3n) is 6.73. The van der Waals surface area contributed by atoms with Gasteiger partial charge in [0.05, 0.1) is 23.1 Å². The predicted molar refractivity (Wildman–Crippen MR) is 118 cm³/mol. The fourth-order valence-electron chi connectivity index (χ4n) is 4.79. The number of aryl methyl sites for hydroxylation is 2. The van der Waals surface area contributed by atoms with Gasteiger partial charge in [-0.3, -0.25) is 9.59 Å². The number of nitrogens with zero attached hydrogens (tertiary/aromatic N) is 6. The van der Waals surface area contributed by atoms with Crippen LogP contribution < -0.4 is 0 Å². The molecule has 2 aliphatic carbocycles. The molecule has 1 saturated heterocycles. The van der Waals surface area contributed by atoms with Gasteiger partial charge >= 0.3 is 0 Å². The summed E-state index contributed by atoms with van der Waals surface area (Å²) in [7, 11) is 0. The van der Waals surface area contributed by atoms with E-state index in [0.29, 0.717) is 43.6 Å². The van der Waals surface area contributed by atoms with Crippen LogP contribution in [0.5, 0.6) is 0 Å². The minimum atomic E-state index is -0.0213. The van der Waals surface area contributed by atoms with Gasteiger partial charge in [-0.1, -0.05) is 24.3 Å². The second-order valence-corrected chi connectivity index (χ2v) is 8.76. The van der Waals surface area contributed by atoms with E-state index in [0.717, 1.165) is 54.6 Å². The number of carbonyl (C=O) groups is 2. The molecule has 0 bridgehead atoms. The second kappa shape index (κ2) is 7.55. The van der Waals surface area contributed by atoms with Crippen molar-refractivity contribution in [3.63, 3.8) is 0 Å². The largest absolute Gasteiger partial charge is 0.342 e. The number of fused-ring (bicyclic) bond motifs is 3. The van der Waals surface area contributed by atoms with Crippen molar-refractivity contribution in [3.05, 3.63) is 59.0 Å². The lowest BCUT2D eigenvalue weighted by molar-refractivity contribution is -0.119. The average Bonchev–Trinajstić information content (AvgIpc) is 3.60. The predicted octanol–water partition coefficient (Wildman–Crippen LogP) is 2.22. The molecule has 0 spiro atoms. The number of piperazine rings is 1.